The lowest BCUT2D eigenvalue weighted by Gasteiger charge is -2.19. The van der Waals surface area contributed by atoms with E-state index in [4.69, 9.17) is 11.6 Å². The van der Waals surface area contributed by atoms with Gasteiger partial charge in [-0.25, -0.2) is 9.37 Å². The minimum absolute atomic E-state index is 0.0849. The van der Waals surface area contributed by atoms with Gasteiger partial charge in [0.1, 0.15) is 11.3 Å². The van der Waals surface area contributed by atoms with Crippen LogP contribution in [0.15, 0.2) is 18.2 Å². The first-order valence-electron chi connectivity index (χ1n) is 6.11. The Kier molecular flexibility index (Phi) is 4.22. The van der Waals surface area contributed by atoms with Gasteiger partial charge in [-0.1, -0.05) is 6.07 Å². The van der Waals surface area contributed by atoms with Crippen LogP contribution >= 0.6 is 11.6 Å². The van der Waals surface area contributed by atoms with Gasteiger partial charge < -0.3 is 4.57 Å². The van der Waals surface area contributed by atoms with Crippen molar-refractivity contribution in [3.8, 4) is 0 Å². The number of alkyl halides is 4. The third-order valence-corrected chi connectivity index (χ3v) is 3.22. The molecule has 1 aromatic heterocycles. The molecule has 0 radical (unpaired) electrons. The first kappa shape index (κ1) is 15.1. The molecule has 0 fully saturated rings. The maximum Gasteiger partial charge on any atom is 0.391 e. The molecule has 2 nitrogen and oxygen atoms in total. The van der Waals surface area contributed by atoms with Crippen LogP contribution in [0.25, 0.3) is 11.0 Å². The van der Waals surface area contributed by atoms with Crippen LogP contribution in [0, 0.1) is 5.82 Å². The second-order valence-corrected chi connectivity index (χ2v) is 4.99. The molecule has 1 unspecified atom stereocenters. The topological polar surface area (TPSA) is 17.8 Å². The van der Waals surface area contributed by atoms with E-state index >= 15 is 0 Å². The minimum atomic E-state index is -4.29. The van der Waals surface area contributed by atoms with E-state index in [1.807, 2.05) is 0 Å². The second-order valence-electron chi connectivity index (χ2n) is 4.61. The average Bonchev–Trinajstić information content (AvgIpc) is 2.67. The molecular formula is C13H13ClF4N2. The van der Waals surface area contributed by atoms with Crippen molar-refractivity contribution in [3.63, 3.8) is 0 Å². The number of imidazole rings is 1. The van der Waals surface area contributed by atoms with E-state index in [9.17, 15) is 17.6 Å². The van der Waals surface area contributed by atoms with Crippen LogP contribution in [0.2, 0.25) is 0 Å². The van der Waals surface area contributed by atoms with Crippen LogP contribution in [0.5, 0.6) is 0 Å². The van der Waals surface area contributed by atoms with Gasteiger partial charge in [0.15, 0.2) is 5.82 Å². The van der Waals surface area contributed by atoms with Crippen molar-refractivity contribution in [2.45, 2.75) is 32.0 Å². The molecule has 110 valence electrons. The molecule has 0 aliphatic rings. The molecule has 7 heteroatoms. The summed E-state index contributed by atoms with van der Waals surface area (Å²) in [6, 6.07) is 3.40. The molecule has 2 rings (SSSR count). The van der Waals surface area contributed by atoms with Crippen molar-refractivity contribution in [2.75, 3.05) is 5.88 Å². The number of para-hydroxylation sites is 1. The van der Waals surface area contributed by atoms with Gasteiger partial charge >= 0.3 is 6.18 Å². The molecular weight excluding hydrogens is 296 g/mol. The zero-order valence-corrected chi connectivity index (χ0v) is 11.5. The predicted octanol–water partition coefficient (Wildman–Crippen LogP) is 4.47. The normalized spacial score (nSPS) is 13.9. The largest absolute Gasteiger partial charge is 0.391 e. The highest BCUT2D eigenvalue weighted by Crippen LogP contribution is 2.31. The summed E-state index contributed by atoms with van der Waals surface area (Å²) in [5.74, 6) is 0.0390. The van der Waals surface area contributed by atoms with Crippen LogP contribution in [-0.2, 0) is 6.42 Å². The number of aromatic nitrogens is 2. The Morgan fingerprint density at radius 2 is 2.05 bits per heavy atom. The van der Waals surface area contributed by atoms with E-state index in [2.05, 4.69) is 4.98 Å². The van der Waals surface area contributed by atoms with Crippen molar-refractivity contribution in [1.29, 1.82) is 0 Å². The lowest BCUT2D eigenvalue weighted by atomic mass is 10.2. The van der Waals surface area contributed by atoms with Crippen LogP contribution < -0.4 is 0 Å². The molecule has 1 atom stereocenters. The maximum absolute atomic E-state index is 13.7. The van der Waals surface area contributed by atoms with Gasteiger partial charge in [0, 0.05) is 18.3 Å². The summed E-state index contributed by atoms with van der Waals surface area (Å²) in [4.78, 5) is 4.09. The number of aryl methyl sites for hydroxylation is 1. The highest BCUT2D eigenvalue weighted by Gasteiger charge is 2.32. The fourth-order valence-electron chi connectivity index (χ4n) is 2.31. The lowest BCUT2D eigenvalue weighted by Crippen LogP contribution is -2.18. The van der Waals surface area contributed by atoms with Gasteiger partial charge in [-0.05, 0) is 19.1 Å². The SMILES string of the molecule is CC(CC(F)(F)F)n1c(CCCl)nc2c(F)cccc21. The van der Waals surface area contributed by atoms with Crippen LogP contribution in [0.3, 0.4) is 0 Å². The molecule has 0 bridgehead atoms. The van der Waals surface area contributed by atoms with E-state index in [-0.39, 0.29) is 17.8 Å². The standard InChI is InChI=1S/C13H13ClF4N2/c1-8(7-13(16,17)18)20-10-4-2-3-9(15)12(10)19-11(20)5-6-14/h2-4,8H,5-7H2,1H3. The summed E-state index contributed by atoms with van der Waals surface area (Å²) >= 11 is 5.64. The van der Waals surface area contributed by atoms with Crippen molar-refractivity contribution in [3.05, 3.63) is 29.8 Å². The van der Waals surface area contributed by atoms with Crippen LogP contribution in [-0.4, -0.2) is 21.6 Å². The Labute approximate surface area is 118 Å². The highest BCUT2D eigenvalue weighted by atomic mass is 35.5. The number of nitrogens with zero attached hydrogens (tertiary/aromatic N) is 2. The Balaban J connectivity index is 2.54. The van der Waals surface area contributed by atoms with Gasteiger partial charge in [-0.2, -0.15) is 13.2 Å². The molecule has 0 saturated carbocycles. The first-order chi connectivity index (χ1) is 9.33. The third kappa shape index (κ3) is 3.06. The van der Waals surface area contributed by atoms with Gasteiger partial charge in [0.25, 0.3) is 0 Å². The monoisotopic (exact) mass is 308 g/mol. The van der Waals surface area contributed by atoms with E-state index in [1.165, 1.54) is 23.6 Å². The number of fused-ring (bicyclic) bond motifs is 1. The second kappa shape index (κ2) is 5.60. The summed E-state index contributed by atoms with van der Waals surface area (Å²) in [5.41, 5.74) is 0.448. The molecule has 0 N–H and O–H groups in total. The van der Waals surface area contributed by atoms with Gasteiger partial charge in [0.05, 0.1) is 11.9 Å². The van der Waals surface area contributed by atoms with Crippen LogP contribution in [0.4, 0.5) is 17.6 Å². The molecule has 0 saturated heterocycles. The average molecular weight is 309 g/mol. The summed E-state index contributed by atoms with van der Waals surface area (Å²) in [5, 5.41) is 0. The smallest absolute Gasteiger partial charge is 0.325 e. The predicted molar refractivity (Wildman–Crippen MR) is 69.5 cm³/mol. The van der Waals surface area contributed by atoms with Gasteiger partial charge in [0.2, 0.25) is 0 Å². The summed E-state index contributed by atoms with van der Waals surface area (Å²) in [6.45, 7) is 1.44. The number of rotatable bonds is 4. The fourth-order valence-corrected chi connectivity index (χ4v) is 2.48. The van der Waals surface area contributed by atoms with E-state index < -0.39 is 24.5 Å². The van der Waals surface area contributed by atoms with Crippen molar-refractivity contribution in [1.82, 2.24) is 9.55 Å². The van der Waals surface area contributed by atoms with E-state index in [0.29, 0.717) is 11.3 Å². The first-order valence-corrected chi connectivity index (χ1v) is 6.65. The van der Waals surface area contributed by atoms with Gasteiger partial charge in [-0.15, -0.1) is 11.6 Å². The Bertz CT molecular complexity index is 606. The lowest BCUT2D eigenvalue weighted by molar-refractivity contribution is -0.141. The third-order valence-electron chi connectivity index (χ3n) is 3.03. The number of halogens is 5. The highest BCUT2D eigenvalue weighted by molar-refractivity contribution is 6.17. The Morgan fingerprint density at radius 1 is 1.35 bits per heavy atom. The molecule has 2 aromatic rings. The van der Waals surface area contributed by atoms with Crippen molar-refractivity contribution in [2.24, 2.45) is 0 Å². The Morgan fingerprint density at radius 3 is 2.65 bits per heavy atom. The van der Waals surface area contributed by atoms with Gasteiger partial charge in [-0.3, -0.25) is 0 Å². The number of hydrogen-bond donors (Lipinski definition) is 0. The maximum atomic E-state index is 13.7. The number of hydrogen-bond acceptors (Lipinski definition) is 1. The molecule has 0 amide bonds. The summed E-state index contributed by atoms with van der Waals surface area (Å²) in [6.07, 6.45) is -5.00. The van der Waals surface area contributed by atoms with Crippen molar-refractivity contribution < 1.29 is 17.6 Å². The molecule has 0 aliphatic carbocycles. The minimum Gasteiger partial charge on any atom is -0.325 e. The zero-order chi connectivity index (χ0) is 14.9. The number of benzene rings is 1. The Hall–Kier alpha value is -1.30. The van der Waals surface area contributed by atoms with Crippen molar-refractivity contribution >= 4 is 22.6 Å². The molecule has 1 aromatic carbocycles. The molecule has 1 heterocycles. The zero-order valence-electron chi connectivity index (χ0n) is 10.7. The summed E-state index contributed by atoms with van der Waals surface area (Å²) in [7, 11) is 0. The molecule has 0 aliphatic heterocycles. The van der Waals surface area contributed by atoms with E-state index in [0.717, 1.165) is 0 Å². The van der Waals surface area contributed by atoms with Crippen LogP contribution in [0.1, 0.15) is 25.2 Å². The fraction of sp³-hybridized carbons (Fsp3) is 0.462. The summed E-state index contributed by atoms with van der Waals surface area (Å²) < 4.78 is 52.8. The molecule has 0 spiro atoms. The quantitative estimate of drug-likeness (QED) is 0.602. The van der Waals surface area contributed by atoms with E-state index in [1.54, 1.807) is 6.07 Å². The molecule has 20 heavy (non-hydrogen) atoms.